The van der Waals surface area contributed by atoms with Gasteiger partial charge in [0.25, 0.3) is 5.91 Å². The molecule has 3 rings (SSSR count). The number of pyridine rings is 1. The van der Waals surface area contributed by atoms with Gasteiger partial charge in [0.15, 0.2) is 0 Å². The molecule has 0 bridgehead atoms. The van der Waals surface area contributed by atoms with Crippen LogP contribution in [0, 0.1) is 0 Å². The minimum absolute atomic E-state index is 0.142. The number of hydrogen-bond donors (Lipinski definition) is 1. The molecule has 1 aliphatic heterocycles. The molecule has 0 unspecified atom stereocenters. The van der Waals surface area contributed by atoms with E-state index in [-0.39, 0.29) is 5.91 Å². The molecule has 6 heteroatoms. The quantitative estimate of drug-likeness (QED) is 0.845. The first-order chi connectivity index (χ1) is 11.8. The Balaban J connectivity index is 1.71. The Morgan fingerprint density at radius 2 is 2.12 bits per heavy atom. The van der Waals surface area contributed by atoms with Crippen LogP contribution in [-0.2, 0) is 4.74 Å². The van der Waals surface area contributed by atoms with E-state index in [2.05, 4.69) is 22.1 Å². The molecule has 24 heavy (non-hydrogen) atoms. The molecule has 1 saturated heterocycles. The van der Waals surface area contributed by atoms with E-state index in [1.807, 2.05) is 30.3 Å². The Labute approximate surface area is 146 Å². The SMILES string of the molecule is CCSc1cccc(NC(=O)c2cncc(N3CCOCC3)c2)c1. The summed E-state index contributed by atoms with van der Waals surface area (Å²) in [6.45, 7) is 5.17. The number of rotatable bonds is 5. The van der Waals surface area contributed by atoms with E-state index in [1.165, 1.54) is 0 Å². The highest BCUT2D eigenvalue weighted by Gasteiger charge is 2.14. The molecule has 0 atom stereocenters. The molecular weight excluding hydrogens is 322 g/mol. The van der Waals surface area contributed by atoms with Crippen LogP contribution in [0.15, 0.2) is 47.6 Å². The Bertz CT molecular complexity index is 702. The summed E-state index contributed by atoms with van der Waals surface area (Å²) in [4.78, 5) is 20.1. The summed E-state index contributed by atoms with van der Waals surface area (Å²) in [6.07, 6.45) is 3.39. The highest BCUT2D eigenvalue weighted by molar-refractivity contribution is 7.99. The number of hydrogen-bond acceptors (Lipinski definition) is 5. The van der Waals surface area contributed by atoms with E-state index in [9.17, 15) is 4.79 Å². The van der Waals surface area contributed by atoms with Crippen LogP contribution in [0.5, 0.6) is 0 Å². The van der Waals surface area contributed by atoms with Crippen molar-refractivity contribution < 1.29 is 9.53 Å². The summed E-state index contributed by atoms with van der Waals surface area (Å²) < 4.78 is 5.37. The fraction of sp³-hybridized carbons (Fsp3) is 0.333. The van der Waals surface area contributed by atoms with Crippen molar-refractivity contribution in [3.8, 4) is 0 Å². The summed E-state index contributed by atoms with van der Waals surface area (Å²) in [6, 6.07) is 9.78. The number of benzene rings is 1. The average Bonchev–Trinajstić information content (AvgIpc) is 2.63. The molecule has 1 aliphatic rings. The van der Waals surface area contributed by atoms with E-state index in [0.29, 0.717) is 18.8 Å². The van der Waals surface area contributed by atoms with Crippen molar-refractivity contribution in [1.29, 1.82) is 0 Å². The van der Waals surface area contributed by atoms with E-state index in [4.69, 9.17) is 4.74 Å². The number of ether oxygens (including phenoxy) is 1. The van der Waals surface area contributed by atoms with Gasteiger partial charge in [-0.05, 0) is 30.0 Å². The van der Waals surface area contributed by atoms with Crippen LogP contribution in [0.3, 0.4) is 0 Å². The average molecular weight is 343 g/mol. The van der Waals surface area contributed by atoms with Crippen molar-refractivity contribution >= 4 is 29.0 Å². The van der Waals surface area contributed by atoms with Crippen LogP contribution in [0.25, 0.3) is 0 Å². The van der Waals surface area contributed by atoms with Crippen molar-refractivity contribution in [3.63, 3.8) is 0 Å². The predicted molar refractivity (Wildman–Crippen MR) is 98.1 cm³/mol. The topological polar surface area (TPSA) is 54.5 Å². The van der Waals surface area contributed by atoms with E-state index < -0.39 is 0 Å². The number of nitrogens with one attached hydrogen (secondary N) is 1. The predicted octanol–water partition coefficient (Wildman–Crippen LogP) is 3.28. The molecule has 0 radical (unpaired) electrons. The van der Waals surface area contributed by atoms with Gasteiger partial charge in [-0.15, -0.1) is 11.8 Å². The van der Waals surface area contributed by atoms with Crippen LogP contribution in [-0.4, -0.2) is 42.9 Å². The first-order valence-electron chi connectivity index (χ1n) is 8.08. The largest absolute Gasteiger partial charge is 0.378 e. The number of anilines is 2. The Hall–Kier alpha value is -2.05. The van der Waals surface area contributed by atoms with Crippen LogP contribution < -0.4 is 10.2 Å². The first kappa shape index (κ1) is 16.8. The highest BCUT2D eigenvalue weighted by Crippen LogP contribution is 2.22. The Morgan fingerprint density at radius 3 is 2.92 bits per heavy atom. The number of morpholine rings is 1. The van der Waals surface area contributed by atoms with E-state index in [1.54, 1.807) is 24.2 Å². The van der Waals surface area contributed by atoms with Crippen LogP contribution >= 0.6 is 11.8 Å². The molecule has 2 heterocycles. The summed E-state index contributed by atoms with van der Waals surface area (Å²) in [5.41, 5.74) is 2.32. The molecule has 1 N–H and O–H groups in total. The zero-order valence-corrected chi connectivity index (χ0v) is 14.5. The van der Waals surface area contributed by atoms with Crippen molar-refractivity contribution in [3.05, 3.63) is 48.3 Å². The molecule has 0 spiro atoms. The fourth-order valence-corrected chi connectivity index (χ4v) is 3.30. The first-order valence-corrected chi connectivity index (χ1v) is 9.07. The number of amides is 1. The van der Waals surface area contributed by atoms with Gasteiger partial charge in [-0.25, -0.2) is 0 Å². The maximum atomic E-state index is 12.5. The summed E-state index contributed by atoms with van der Waals surface area (Å²) in [5.74, 6) is 0.861. The number of nitrogens with zero attached hydrogens (tertiary/aromatic N) is 2. The molecule has 5 nitrogen and oxygen atoms in total. The van der Waals surface area contributed by atoms with Gasteiger partial charge >= 0.3 is 0 Å². The van der Waals surface area contributed by atoms with E-state index >= 15 is 0 Å². The summed E-state index contributed by atoms with van der Waals surface area (Å²) in [7, 11) is 0. The van der Waals surface area contributed by atoms with Gasteiger partial charge in [0.2, 0.25) is 0 Å². The minimum Gasteiger partial charge on any atom is -0.378 e. The van der Waals surface area contributed by atoms with Gasteiger partial charge < -0.3 is 15.0 Å². The summed E-state index contributed by atoms with van der Waals surface area (Å²) >= 11 is 1.75. The monoisotopic (exact) mass is 343 g/mol. The lowest BCUT2D eigenvalue weighted by Crippen LogP contribution is -2.36. The van der Waals surface area contributed by atoms with Crippen LogP contribution in [0.1, 0.15) is 17.3 Å². The zero-order valence-electron chi connectivity index (χ0n) is 13.7. The van der Waals surface area contributed by atoms with E-state index in [0.717, 1.165) is 35.1 Å². The minimum atomic E-state index is -0.142. The van der Waals surface area contributed by atoms with Crippen molar-refractivity contribution in [2.75, 3.05) is 42.3 Å². The molecule has 0 aliphatic carbocycles. The van der Waals surface area contributed by atoms with Gasteiger partial charge in [0.05, 0.1) is 30.7 Å². The molecule has 1 aromatic heterocycles. The van der Waals surface area contributed by atoms with Crippen molar-refractivity contribution in [2.45, 2.75) is 11.8 Å². The van der Waals surface area contributed by atoms with Crippen molar-refractivity contribution in [2.24, 2.45) is 0 Å². The van der Waals surface area contributed by atoms with Crippen molar-refractivity contribution in [1.82, 2.24) is 4.98 Å². The standard InChI is InChI=1S/C18H21N3O2S/c1-2-24-17-5-3-4-15(11-17)20-18(22)14-10-16(13-19-12-14)21-6-8-23-9-7-21/h3-5,10-13H,2,6-9H2,1H3,(H,20,22). The molecule has 2 aromatic rings. The molecule has 1 fully saturated rings. The van der Waals surface area contributed by atoms with Gasteiger partial charge in [0, 0.05) is 29.9 Å². The molecule has 1 amide bonds. The molecule has 0 saturated carbocycles. The number of carbonyl (C=O) groups excluding carboxylic acids is 1. The lowest BCUT2D eigenvalue weighted by Gasteiger charge is -2.28. The normalized spacial score (nSPS) is 14.5. The lowest BCUT2D eigenvalue weighted by atomic mass is 10.2. The number of carbonyl (C=O) groups is 1. The molecule has 1 aromatic carbocycles. The Morgan fingerprint density at radius 1 is 1.29 bits per heavy atom. The third-order valence-corrected chi connectivity index (χ3v) is 4.64. The Kier molecular flexibility index (Phi) is 5.72. The van der Waals surface area contributed by atoms with Crippen LogP contribution in [0.2, 0.25) is 0 Å². The van der Waals surface area contributed by atoms with Gasteiger partial charge in [0.1, 0.15) is 0 Å². The lowest BCUT2D eigenvalue weighted by molar-refractivity contribution is 0.102. The number of thioether (sulfide) groups is 1. The number of aromatic nitrogens is 1. The smallest absolute Gasteiger partial charge is 0.257 e. The maximum absolute atomic E-state index is 12.5. The molecular formula is C18H21N3O2S. The second kappa shape index (κ2) is 8.17. The second-order valence-electron chi connectivity index (χ2n) is 5.45. The maximum Gasteiger partial charge on any atom is 0.257 e. The van der Waals surface area contributed by atoms with Gasteiger partial charge in [-0.3, -0.25) is 9.78 Å². The zero-order chi connectivity index (χ0) is 16.8. The summed E-state index contributed by atoms with van der Waals surface area (Å²) in [5, 5.41) is 2.95. The highest BCUT2D eigenvalue weighted by atomic mass is 32.2. The third-order valence-electron chi connectivity index (χ3n) is 3.77. The van der Waals surface area contributed by atoms with Gasteiger partial charge in [-0.1, -0.05) is 13.0 Å². The second-order valence-corrected chi connectivity index (χ2v) is 6.78. The van der Waals surface area contributed by atoms with Crippen LogP contribution in [0.4, 0.5) is 11.4 Å². The third kappa shape index (κ3) is 4.27. The molecule has 126 valence electrons. The fourth-order valence-electron chi connectivity index (χ4n) is 2.58. The van der Waals surface area contributed by atoms with Gasteiger partial charge in [-0.2, -0.15) is 0 Å².